The Hall–Kier alpha value is -0.320. The van der Waals surface area contributed by atoms with Crippen molar-refractivity contribution in [2.75, 3.05) is 0 Å². The molecule has 1 unspecified atom stereocenters. The summed E-state index contributed by atoms with van der Waals surface area (Å²) < 4.78 is 6.54. The van der Waals surface area contributed by atoms with Crippen molar-refractivity contribution < 1.29 is 4.42 Å². The van der Waals surface area contributed by atoms with E-state index in [-0.39, 0.29) is 6.04 Å². The van der Waals surface area contributed by atoms with Gasteiger partial charge in [-0.3, -0.25) is 5.84 Å². The zero-order valence-electron chi connectivity index (χ0n) is 9.42. The first-order chi connectivity index (χ1) is 7.83. The van der Waals surface area contributed by atoms with Gasteiger partial charge in [-0.2, -0.15) is 0 Å². The van der Waals surface area contributed by atoms with Crippen LogP contribution in [0.15, 0.2) is 21.2 Å². The molecule has 1 aromatic heterocycles. The monoisotopic (exact) mass is 286 g/mol. The van der Waals surface area contributed by atoms with Crippen LogP contribution in [0.5, 0.6) is 0 Å². The Kier molecular flexibility index (Phi) is 4.44. The van der Waals surface area contributed by atoms with Gasteiger partial charge in [0.05, 0.1) is 16.8 Å². The molecule has 0 aliphatic heterocycles. The van der Waals surface area contributed by atoms with Crippen LogP contribution in [0.2, 0.25) is 0 Å². The lowest BCUT2D eigenvalue weighted by molar-refractivity contribution is 0.285. The predicted molar refractivity (Wildman–Crippen MR) is 67.7 cm³/mol. The summed E-state index contributed by atoms with van der Waals surface area (Å²) in [5, 5.41) is 0. The molecular formula is C12H19BrN2O. The van der Waals surface area contributed by atoms with Crippen LogP contribution in [0.4, 0.5) is 0 Å². The van der Waals surface area contributed by atoms with Gasteiger partial charge in [0.25, 0.3) is 0 Å². The summed E-state index contributed by atoms with van der Waals surface area (Å²) >= 11 is 3.50. The van der Waals surface area contributed by atoms with Gasteiger partial charge in [-0.1, -0.05) is 25.7 Å². The Morgan fingerprint density at radius 2 is 2.00 bits per heavy atom. The molecule has 1 aliphatic rings. The molecule has 1 atom stereocenters. The molecule has 90 valence electrons. The predicted octanol–water partition coefficient (Wildman–Crippen LogP) is 3.52. The molecule has 0 aromatic carbocycles. The Balaban J connectivity index is 2.12. The Morgan fingerprint density at radius 1 is 1.31 bits per heavy atom. The zero-order valence-corrected chi connectivity index (χ0v) is 11.0. The topological polar surface area (TPSA) is 51.2 Å². The Morgan fingerprint density at radius 3 is 2.50 bits per heavy atom. The fraction of sp³-hybridized carbons (Fsp3) is 0.667. The van der Waals surface area contributed by atoms with E-state index in [1.807, 2.05) is 6.07 Å². The van der Waals surface area contributed by atoms with E-state index in [4.69, 9.17) is 10.3 Å². The maximum Gasteiger partial charge on any atom is 0.136 e. The molecule has 4 heteroatoms. The van der Waals surface area contributed by atoms with E-state index in [1.165, 1.54) is 38.5 Å². The van der Waals surface area contributed by atoms with E-state index in [9.17, 15) is 0 Å². The van der Waals surface area contributed by atoms with Crippen LogP contribution in [0.1, 0.15) is 50.3 Å². The minimum absolute atomic E-state index is 0.141. The Labute approximate surface area is 105 Å². The molecular weight excluding hydrogens is 268 g/mol. The summed E-state index contributed by atoms with van der Waals surface area (Å²) in [5.41, 5.74) is 2.92. The van der Waals surface area contributed by atoms with E-state index in [0.29, 0.717) is 5.92 Å². The molecule has 0 bridgehead atoms. The third-order valence-electron chi connectivity index (χ3n) is 3.48. The lowest BCUT2D eigenvalue weighted by atomic mass is 9.91. The summed E-state index contributed by atoms with van der Waals surface area (Å²) in [6.45, 7) is 0. The summed E-state index contributed by atoms with van der Waals surface area (Å²) in [4.78, 5) is 0. The van der Waals surface area contributed by atoms with E-state index >= 15 is 0 Å². The van der Waals surface area contributed by atoms with Gasteiger partial charge in [-0.15, -0.1) is 0 Å². The van der Waals surface area contributed by atoms with E-state index in [1.54, 1.807) is 6.26 Å². The van der Waals surface area contributed by atoms with Gasteiger partial charge in [-0.25, -0.2) is 5.43 Å². The SMILES string of the molecule is NNC(c1occc1Br)C1CCCCCC1. The van der Waals surface area contributed by atoms with E-state index in [0.717, 1.165) is 10.2 Å². The number of hydrogen-bond acceptors (Lipinski definition) is 3. The molecule has 0 radical (unpaired) electrons. The second-order valence-electron chi connectivity index (χ2n) is 4.53. The second-order valence-corrected chi connectivity index (χ2v) is 5.38. The van der Waals surface area contributed by atoms with Crippen LogP contribution < -0.4 is 11.3 Å². The average Bonchev–Trinajstić information content (AvgIpc) is 2.57. The number of nitrogens with one attached hydrogen (secondary N) is 1. The highest BCUT2D eigenvalue weighted by molar-refractivity contribution is 9.10. The van der Waals surface area contributed by atoms with E-state index < -0.39 is 0 Å². The molecule has 0 amide bonds. The van der Waals surface area contributed by atoms with Crippen molar-refractivity contribution in [3.63, 3.8) is 0 Å². The number of hydrogen-bond donors (Lipinski definition) is 2. The fourth-order valence-electron chi connectivity index (χ4n) is 2.60. The summed E-state index contributed by atoms with van der Waals surface area (Å²) in [6, 6.07) is 2.07. The van der Waals surface area contributed by atoms with Gasteiger partial charge in [0.15, 0.2) is 0 Å². The first-order valence-corrected chi connectivity index (χ1v) is 6.81. The second kappa shape index (κ2) is 5.84. The van der Waals surface area contributed by atoms with Crippen molar-refractivity contribution in [2.24, 2.45) is 11.8 Å². The first kappa shape index (κ1) is 12.1. The number of hydrazine groups is 1. The molecule has 0 saturated heterocycles. The van der Waals surface area contributed by atoms with Crippen LogP contribution in [-0.2, 0) is 0 Å². The average molecular weight is 287 g/mol. The van der Waals surface area contributed by atoms with E-state index in [2.05, 4.69) is 21.4 Å². The van der Waals surface area contributed by atoms with Crippen molar-refractivity contribution in [3.05, 3.63) is 22.6 Å². The van der Waals surface area contributed by atoms with Gasteiger partial charge in [-0.05, 0) is 40.8 Å². The number of nitrogens with two attached hydrogens (primary N) is 1. The highest BCUT2D eigenvalue weighted by Crippen LogP contribution is 2.36. The highest BCUT2D eigenvalue weighted by Gasteiger charge is 2.26. The quantitative estimate of drug-likeness (QED) is 0.508. The van der Waals surface area contributed by atoms with Crippen molar-refractivity contribution in [1.82, 2.24) is 5.43 Å². The summed E-state index contributed by atoms with van der Waals surface area (Å²) in [5.74, 6) is 7.22. The fourth-order valence-corrected chi connectivity index (χ4v) is 3.05. The van der Waals surface area contributed by atoms with Crippen molar-refractivity contribution in [1.29, 1.82) is 0 Å². The van der Waals surface area contributed by atoms with Gasteiger partial charge >= 0.3 is 0 Å². The van der Waals surface area contributed by atoms with Gasteiger partial charge < -0.3 is 4.42 Å². The van der Waals surface area contributed by atoms with Crippen LogP contribution in [0.3, 0.4) is 0 Å². The molecule has 2 rings (SSSR count). The molecule has 1 aliphatic carbocycles. The molecule has 0 spiro atoms. The molecule has 16 heavy (non-hydrogen) atoms. The Bertz CT molecular complexity index is 319. The van der Waals surface area contributed by atoms with Crippen LogP contribution >= 0.6 is 15.9 Å². The highest BCUT2D eigenvalue weighted by atomic mass is 79.9. The molecule has 1 aromatic rings. The lowest BCUT2D eigenvalue weighted by Crippen LogP contribution is -2.33. The molecule has 1 heterocycles. The first-order valence-electron chi connectivity index (χ1n) is 6.02. The summed E-state index contributed by atoms with van der Waals surface area (Å²) in [6.07, 6.45) is 9.51. The number of furan rings is 1. The zero-order chi connectivity index (χ0) is 11.4. The van der Waals surface area contributed by atoms with Crippen LogP contribution in [0, 0.1) is 5.92 Å². The maximum atomic E-state index is 5.68. The van der Waals surface area contributed by atoms with Crippen molar-refractivity contribution in [3.8, 4) is 0 Å². The van der Waals surface area contributed by atoms with Crippen LogP contribution in [-0.4, -0.2) is 0 Å². The minimum atomic E-state index is 0.141. The number of rotatable bonds is 3. The summed E-state index contributed by atoms with van der Waals surface area (Å²) in [7, 11) is 0. The van der Waals surface area contributed by atoms with Crippen molar-refractivity contribution >= 4 is 15.9 Å². The molecule has 3 N–H and O–H groups in total. The normalized spacial score (nSPS) is 20.6. The smallest absolute Gasteiger partial charge is 0.136 e. The maximum absolute atomic E-state index is 5.68. The van der Waals surface area contributed by atoms with Gasteiger partial charge in [0, 0.05) is 0 Å². The minimum Gasteiger partial charge on any atom is -0.466 e. The van der Waals surface area contributed by atoms with Crippen LogP contribution in [0.25, 0.3) is 0 Å². The largest absolute Gasteiger partial charge is 0.466 e. The van der Waals surface area contributed by atoms with Gasteiger partial charge in [0.1, 0.15) is 5.76 Å². The van der Waals surface area contributed by atoms with Crippen molar-refractivity contribution in [2.45, 2.75) is 44.6 Å². The third kappa shape index (κ3) is 2.67. The molecule has 3 nitrogen and oxygen atoms in total. The standard InChI is InChI=1S/C12H19BrN2O/c13-10-7-8-16-12(10)11(15-14)9-5-3-1-2-4-6-9/h7-9,11,15H,1-6,14H2. The molecule has 1 saturated carbocycles. The molecule has 1 fully saturated rings. The number of halogens is 1. The lowest BCUT2D eigenvalue weighted by Gasteiger charge is -2.24. The van der Waals surface area contributed by atoms with Gasteiger partial charge in [0.2, 0.25) is 0 Å². The third-order valence-corrected chi connectivity index (χ3v) is 4.13.